The van der Waals surface area contributed by atoms with Crippen LogP contribution in [0.25, 0.3) is 0 Å². The molecule has 23 heavy (non-hydrogen) atoms. The van der Waals surface area contributed by atoms with Crippen molar-refractivity contribution in [1.82, 2.24) is 9.62 Å². The number of likely N-dealkylation sites (tertiary alicyclic amines) is 1. The highest BCUT2D eigenvalue weighted by Gasteiger charge is 2.17. The highest BCUT2D eigenvalue weighted by Crippen LogP contribution is 2.16. The van der Waals surface area contributed by atoms with Crippen LogP contribution < -0.4 is 10.0 Å². The number of amides is 2. The molecule has 0 unspecified atom stereocenters. The largest absolute Gasteiger partial charge is 0.396 e. The molecule has 1 heterocycles. The fourth-order valence-corrected chi connectivity index (χ4v) is 3.46. The first-order valence-corrected chi connectivity index (χ1v) is 9.28. The van der Waals surface area contributed by atoms with Crippen LogP contribution >= 0.6 is 0 Å². The standard InChI is InChI=1S/C15H23N3O4S/c19-12-4-9-16-23(21,22)14-7-5-13(6-8-14)17-15(20)18-10-2-1-3-11-18/h5-8,16,19H,1-4,9-12H2,(H,17,20). The van der Waals surface area contributed by atoms with Crippen LogP contribution in [0.15, 0.2) is 29.2 Å². The Morgan fingerprint density at radius 1 is 1.13 bits per heavy atom. The van der Waals surface area contributed by atoms with E-state index in [-0.39, 0.29) is 24.1 Å². The Kier molecular flexibility index (Phi) is 6.37. The summed E-state index contributed by atoms with van der Waals surface area (Å²) in [5.74, 6) is 0. The monoisotopic (exact) mass is 341 g/mol. The fraction of sp³-hybridized carbons (Fsp3) is 0.533. The van der Waals surface area contributed by atoms with Crippen LogP contribution in [0.1, 0.15) is 25.7 Å². The molecule has 8 heteroatoms. The number of carbonyl (C=O) groups excluding carboxylic acids is 1. The zero-order valence-corrected chi connectivity index (χ0v) is 13.8. The molecule has 0 radical (unpaired) electrons. The summed E-state index contributed by atoms with van der Waals surface area (Å²) < 4.78 is 26.4. The lowest BCUT2D eigenvalue weighted by Gasteiger charge is -2.26. The summed E-state index contributed by atoms with van der Waals surface area (Å²) in [5.41, 5.74) is 0.565. The van der Waals surface area contributed by atoms with Gasteiger partial charge in [-0.05, 0) is 49.9 Å². The minimum Gasteiger partial charge on any atom is -0.396 e. The molecule has 3 N–H and O–H groups in total. The van der Waals surface area contributed by atoms with Gasteiger partial charge in [-0.3, -0.25) is 0 Å². The number of rotatable bonds is 6. The van der Waals surface area contributed by atoms with E-state index in [1.807, 2.05) is 0 Å². The molecule has 2 amide bonds. The van der Waals surface area contributed by atoms with E-state index in [9.17, 15) is 13.2 Å². The van der Waals surface area contributed by atoms with E-state index in [2.05, 4.69) is 10.0 Å². The molecule has 7 nitrogen and oxygen atoms in total. The normalized spacial score (nSPS) is 15.4. The summed E-state index contributed by atoms with van der Waals surface area (Å²) in [6, 6.07) is 5.90. The maximum Gasteiger partial charge on any atom is 0.321 e. The first kappa shape index (κ1) is 17.7. The Bertz CT molecular complexity index is 610. The molecule has 1 saturated heterocycles. The molecule has 0 bridgehead atoms. The second kappa shape index (κ2) is 8.28. The fourth-order valence-electron chi connectivity index (χ4n) is 2.39. The topological polar surface area (TPSA) is 98.7 Å². The lowest BCUT2D eigenvalue weighted by atomic mass is 10.1. The minimum absolute atomic E-state index is 0.0655. The van der Waals surface area contributed by atoms with Gasteiger partial charge in [0, 0.05) is 31.9 Å². The van der Waals surface area contributed by atoms with E-state index < -0.39 is 10.0 Å². The van der Waals surface area contributed by atoms with Gasteiger partial charge in [-0.15, -0.1) is 0 Å². The lowest BCUT2D eigenvalue weighted by molar-refractivity contribution is 0.200. The van der Waals surface area contributed by atoms with Crippen LogP contribution in [0.2, 0.25) is 0 Å². The first-order chi connectivity index (χ1) is 11.0. The number of nitrogens with zero attached hydrogens (tertiary/aromatic N) is 1. The van der Waals surface area contributed by atoms with Crippen LogP contribution in [0.3, 0.4) is 0 Å². The van der Waals surface area contributed by atoms with Gasteiger partial charge in [0.2, 0.25) is 10.0 Å². The number of carbonyl (C=O) groups is 1. The molecule has 1 fully saturated rings. The number of piperidine rings is 1. The molecule has 1 aliphatic rings. The van der Waals surface area contributed by atoms with Gasteiger partial charge in [0.05, 0.1) is 4.90 Å². The summed E-state index contributed by atoms with van der Waals surface area (Å²) in [5, 5.41) is 11.5. The van der Waals surface area contributed by atoms with E-state index in [1.165, 1.54) is 12.1 Å². The molecule has 0 spiro atoms. The maximum absolute atomic E-state index is 12.1. The number of aliphatic hydroxyl groups excluding tert-OH is 1. The molecular formula is C15H23N3O4S. The molecule has 0 aromatic heterocycles. The Morgan fingerprint density at radius 2 is 1.78 bits per heavy atom. The van der Waals surface area contributed by atoms with Gasteiger partial charge >= 0.3 is 6.03 Å². The van der Waals surface area contributed by atoms with E-state index in [0.717, 1.165) is 32.4 Å². The van der Waals surface area contributed by atoms with Crippen LogP contribution in [0, 0.1) is 0 Å². The van der Waals surface area contributed by atoms with Crippen LogP contribution in [-0.4, -0.2) is 50.7 Å². The van der Waals surface area contributed by atoms with Crippen LogP contribution in [-0.2, 0) is 10.0 Å². The number of sulfonamides is 1. The Labute approximate surface area is 136 Å². The molecular weight excluding hydrogens is 318 g/mol. The number of anilines is 1. The number of aliphatic hydroxyl groups is 1. The van der Waals surface area contributed by atoms with Crippen LogP contribution in [0.5, 0.6) is 0 Å². The second-order valence-electron chi connectivity index (χ2n) is 5.48. The van der Waals surface area contributed by atoms with E-state index in [1.54, 1.807) is 17.0 Å². The van der Waals surface area contributed by atoms with Gasteiger partial charge < -0.3 is 15.3 Å². The van der Waals surface area contributed by atoms with Gasteiger partial charge in [-0.2, -0.15) is 0 Å². The SMILES string of the molecule is O=C(Nc1ccc(S(=O)(=O)NCCCO)cc1)N1CCCCC1. The molecule has 1 aromatic carbocycles. The predicted molar refractivity (Wildman–Crippen MR) is 87.8 cm³/mol. The lowest BCUT2D eigenvalue weighted by Crippen LogP contribution is -2.38. The van der Waals surface area contributed by atoms with Crippen molar-refractivity contribution in [2.45, 2.75) is 30.6 Å². The number of benzene rings is 1. The smallest absolute Gasteiger partial charge is 0.321 e. The summed E-state index contributed by atoms with van der Waals surface area (Å²) in [4.78, 5) is 14.0. The Hall–Kier alpha value is -1.64. The summed E-state index contributed by atoms with van der Waals surface area (Å²) >= 11 is 0. The van der Waals surface area contributed by atoms with Crippen molar-refractivity contribution in [3.8, 4) is 0 Å². The van der Waals surface area contributed by atoms with Crippen molar-refractivity contribution < 1.29 is 18.3 Å². The third kappa shape index (κ3) is 5.19. The molecule has 0 aliphatic carbocycles. The molecule has 0 saturated carbocycles. The van der Waals surface area contributed by atoms with Crippen molar-refractivity contribution in [2.24, 2.45) is 0 Å². The summed E-state index contributed by atoms with van der Waals surface area (Å²) in [6.45, 7) is 1.64. The van der Waals surface area contributed by atoms with Gasteiger partial charge in [0.15, 0.2) is 0 Å². The zero-order valence-electron chi connectivity index (χ0n) is 13.0. The van der Waals surface area contributed by atoms with E-state index in [0.29, 0.717) is 12.1 Å². The average Bonchev–Trinajstić information content (AvgIpc) is 2.56. The first-order valence-electron chi connectivity index (χ1n) is 7.79. The van der Waals surface area contributed by atoms with Crippen molar-refractivity contribution in [1.29, 1.82) is 0 Å². The zero-order chi connectivity index (χ0) is 16.7. The van der Waals surface area contributed by atoms with Gasteiger partial charge in [0.1, 0.15) is 0 Å². The van der Waals surface area contributed by atoms with Crippen molar-refractivity contribution in [3.63, 3.8) is 0 Å². The van der Waals surface area contributed by atoms with Gasteiger partial charge in [-0.25, -0.2) is 17.9 Å². The summed E-state index contributed by atoms with van der Waals surface area (Å²) in [7, 11) is -3.58. The predicted octanol–water partition coefficient (Wildman–Crippen LogP) is 1.37. The highest BCUT2D eigenvalue weighted by atomic mass is 32.2. The number of urea groups is 1. The van der Waals surface area contributed by atoms with Gasteiger partial charge in [-0.1, -0.05) is 0 Å². The quantitative estimate of drug-likeness (QED) is 0.681. The summed E-state index contributed by atoms with van der Waals surface area (Å²) in [6.07, 6.45) is 3.55. The third-order valence-electron chi connectivity index (χ3n) is 3.69. The highest BCUT2D eigenvalue weighted by molar-refractivity contribution is 7.89. The number of nitrogens with one attached hydrogen (secondary N) is 2. The van der Waals surface area contributed by atoms with E-state index >= 15 is 0 Å². The molecule has 1 aliphatic heterocycles. The number of hydrogen-bond donors (Lipinski definition) is 3. The van der Waals surface area contributed by atoms with Crippen LogP contribution in [0.4, 0.5) is 10.5 Å². The molecule has 0 atom stereocenters. The Morgan fingerprint density at radius 3 is 2.39 bits per heavy atom. The third-order valence-corrected chi connectivity index (χ3v) is 5.16. The van der Waals surface area contributed by atoms with Crippen molar-refractivity contribution in [2.75, 3.05) is 31.6 Å². The second-order valence-corrected chi connectivity index (χ2v) is 7.24. The number of hydrogen-bond acceptors (Lipinski definition) is 4. The maximum atomic E-state index is 12.1. The molecule has 1 aromatic rings. The van der Waals surface area contributed by atoms with Crippen molar-refractivity contribution >= 4 is 21.7 Å². The van der Waals surface area contributed by atoms with Crippen molar-refractivity contribution in [3.05, 3.63) is 24.3 Å². The Balaban J connectivity index is 1.94. The minimum atomic E-state index is -3.58. The average molecular weight is 341 g/mol. The molecule has 2 rings (SSSR count). The molecule has 128 valence electrons. The van der Waals surface area contributed by atoms with Gasteiger partial charge in [0.25, 0.3) is 0 Å². The van der Waals surface area contributed by atoms with E-state index in [4.69, 9.17) is 5.11 Å².